The van der Waals surface area contributed by atoms with Crippen molar-refractivity contribution in [1.82, 2.24) is 29.1 Å². The molecule has 0 N–H and O–H groups in total. The van der Waals surface area contributed by atoms with Gasteiger partial charge in [0.25, 0.3) is 5.78 Å². The SMILES string of the molecule is CCn1c(C2CCCN2c2cc(C)nc3ncnn23)nc2ccccc21. The molecular weight excluding hydrogens is 326 g/mol. The van der Waals surface area contributed by atoms with Crippen LogP contribution < -0.4 is 4.90 Å². The minimum absolute atomic E-state index is 0.233. The first-order valence-corrected chi connectivity index (χ1v) is 9.15. The van der Waals surface area contributed by atoms with E-state index in [4.69, 9.17) is 4.98 Å². The third-order valence-electron chi connectivity index (χ3n) is 5.21. The van der Waals surface area contributed by atoms with Gasteiger partial charge in [-0.25, -0.2) is 9.97 Å². The largest absolute Gasteiger partial charge is 0.346 e. The molecular formula is C19H21N7. The molecule has 0 amide bonds. The van der Waals surface area contributed by atoms with Gasteiger partial charge in [-0.05, 0) is 38.8 Å². The Morgan fingerprint density at radius 3 is 2.96 bits per heavy atom. The van der Waals surface area contributed by atoms with Crippen molar-refractivity contribution >= 4 is 22.6 Å². The molecule has 1 aliphatic rings. The van der Waals surface area contributed by atoms with E-state index in [1.54, 1.807) is 6.33 Å². The monoisotopic (exact) mass is 347 g/mol. The topological polar surface area (TPSA) is 64.1 Å². The van der Waals surface area contributed by atoms with Crippen LogP contribution in [-0.2, 0) is 6.54 Å². The van der Waals surface area contributed by atoms with Crippen molar-refractivity contribution in [3.05, 3.63) is 48.2 Å². The van der Waals surface area contributed by atoms with Crippen molar-refractivity contribution in [3.63, 3.8) is 0 Å². The summed E-state index contributed by atoms with van der Waals surface area (Å²) in [6.07, 6.45) is 3.79. The van der Waals surface area contributed by atoms with Crippen LogP contribution in [0.4, 0.5) is 5.82 Å². The van der Waals surface area contributed by atoms with Crippen molar-refractivity contribution < 1.29 is 0 Å². The van der Waals surface area contributed by atoms with Gasteiger partial charge in [-0.1, -0.05) is 12.1 Å². The summed E-state index contributed by atoms with van der Waals surface area (Å²) in [6.45, 7) is 6.08. The first kappa shape index (κ1) is 15.3. The van der Waals surface area contributed by atoms with Gasteiger partial charge in [-0.15, -0.1) is 0 Å². The lowest BCUT2D eigenvalue weighted by molar-refractivity contribution is 0.601. The summed E-state index contributed by atoms with van der Waals surface area (Å²) in [5.41, 5.74) is 3.22. The molecule has 3 aromatic heterocycles. The van der Waals surface area contributed by atoms with Crippen molar-refractivity contribution in [2.75, 3.05) is 11.4 Å². The van der Waals surface area contributed by atoms with Crippen LogP contribution in [0, 0.1) is 6.92 Å². The van der Waals surface area contributed by atoms with Gasteiger partial charge in [0.05, 0.1) is 17.1 Å². The summed E-state index contributed by atoms with van der Waals surface area (Å²) in [5, 5.41) is 4.39. The van der Waals surface area contributed by atoms with E-state index in [1.807, 2.05) is 11.4 Å². The highest BCUT2D eigenvalue weighted by Crippen LogP contribution is 2.37. The second kappa shape index (κ2) is 5.79. The molecule has 4 aromatic rings. The molecule has 1 aliphatic heterocycles. The van der Waals surface area contributed by atoms with Gasteiger partial charge in [0.15, 0.2) is 0 Å². The van der Waals surface area contributed by atoms with Gasteiger partial charge < -0.3 is 9.47 Å². The molecule has 5 rings (SSSR count). The molecule has 0 saturated carbocycles. The molecule has 1 unspecified atom stereocenters. The zero-order valence-electron chi connectivity index (χ0n) is 15.0. The minimum Gasteiger partial charge on any atom is -0.346 e. The fraction of sp³-hybridized carbons (Fsp3) is 0.368. The summed E-state index contributed by atoms with van der Waals surface area (Å²) < 4.78 is 4.18. The van der Waals surface area contributed by atoms with Crippen LogP contribution in [0.3, 0.4) is 0 Å². The number of fused-ring (bicyclic) bond motifs is 2. The van der Waals surface area contributed by atoms with Gasteiger partial charge >= 0.3 is 0 Å². The van der Waals surface area contributed by atoms with E-state index in [-0.39, 0.29) is 6.04 Å². The Morgan fingerprint density at radius 2 is 2.08 bits per heavy atom. The van der Waals surface area contributed by atoms with Crippen molar-refractivity contribution in [3.8, 4) is 0 Å². The van der Waals surface area contributed by atoms with Crippen molar-refractivity contribution in [2.24, 2.45) is 0 Å². The normalized spacial score (nSPS) is 17.6. The highest BCUT2D eigenvalue weighted by molar-refractivity contribution is 5.76. The average Bonchev–Trinajstić information content (AvgIpc) is 3.37. The molecule has 7 heteroatoms. The number of hydrogen-bond acceptors (Lipinski definition) is 5. The maximum Gasteiger partial charge on any atom is 0.254 e. The van der Waals surface area contributed by atoms with Crippen molar-refractivity contribution in [1.29, 1.82) is 0 Å². The van der Waals surface area contributed by atoms with E-state index in [2.05, 4.69) is 61.8 Å². The molecule has 26 heavy (non-hydrogen) atoms. The molecule has 1 atom stereocenters. The molecule has 0 aliphatic carbocycles. The summed E-state index contributed by atoms with van der Waals surface area (Å²) in [5.74, 6) is 2.82. The Labute approximate surface area is 151 Å². The number of nitrogens with zero attached hydrogens (tertiary/aromatic N) is 7. The first-order valence-electron chi connectivity index (χ1n) is 9.15. The molecule has 0 bridgehead atoms. The van der Waals surface area contributed by atoms with Gasteiger partial charge in [0.2, 0.25) is 0 Å². The molecule has 7 nitrogen and oxygen atoms in total. The predicted molar refractivity (Wildman–Crippen MR) is 100 cm³/mol. The smallest absolute Gasteiger partial charge is 0.254 e. The van der Waals surface area contributed by atoms with Crippen LogP contribution in [0.2, 0.25) is 0 Å². The lowest BCUT2D eigenvalue weighted by Crippen LogP contribution is -2.27. The van der Waals surface area contributed by atoms with Crippen LogP contribution in [0.25, 0.3) is 16.8 Å². The fourth-order valence-corrected chi connectivity index (χ4v) is 4.11. The zero-order valence-corrected chi connectivity index (χ0v) is 15.0. The second-order valence-electron chi connectivity index (χ2n) is 6.78. The quantitative estimate of drug-likeness (QED) is 0.570. The molecule has 1 aromatic carbocycles. The number of benzene rings is 1. The summed E-state index contributed by atoms with van der Waals surface area (Å²) in [6, 6.07) is 10.7. The number of aryl methyl sites for hydroxylation is 2. The Bertz CT molecular complexity index is 1090. The Hall–Kier alpha value is -2.96. The van der Waals surface area contributed by atoms with E-state index >= 15 is 0 Å². The van der Waals surface area contributed by atoms with Crippen LogP contribution in [-0.4, -0.2) is 35.7 Å². The summed E-state index contributed by atoms with van der Waals surface area (Å²) >= 11 is 0. The summed E-state index contributed by atoms with van der Waals surface area (Å²) in [4.78, 5) is 16.1. The van der Waals surface area contributed by atoms with E-state index in [1.165, 1.54) is 5.52 Å². The Kier molecular flexibility index (Phi) is 3.41. The number of imidazole rings is 1. The standard InChI is InChI=1S/C19H21N7/c1-3-24-15-8-5-4-7-14(15)23-18(24)16-9-6-10-25(16)17-11-13(2)22-19-20-12-21-26(17)19/h4-5,7-8,11-12,16H,3,6,9-10H2,1-2H3. The predicted octanol–water partition coefficient (Wildman–Crippen LogP) is 3.14. The lowest BCUT2D eigenvalue weighted by Gasteiger charge is -2.27. The molecule has 0 radical (unpaired) electrons. The first-order chi connectivity index (χ1) is 12.8. The van der Waals surface area contributed by atoms with Crippen LogP contribution >= 0.6 is 0 Å². The number of hydrogen-bond donors (Lipinski definition) is 0. The second-order valence-corrected chi connectivity index (χ2v) is 6.78. The maximum atomic E-state index is 4.99. The van der Waals surface area contributed by atoms with E-state index in [0.29, 0.717) is 5.78 Å². The molecule has 4 heterocycles. The van der Waals surface area contributed by atoms with Crippen LogP contribution in [0.15, 0.2) is 36.7 Å². The van der Waals surface area contributed by atoms with Gasteiger partial charge in [0, 0.05) is 24.8 Å². The van der Waals surface area contributed by atoms with E-state index < -0.39 is 0 Å². The molecule has 1 saturated heterocycles. The van der Waals surface area contributed by atoms with Crippen molar-refractivity contribution in [2.45, 2.75) is 39.3 Å². The maximum absolute atomic E-state index is 4.99. The molecule has 0 spiro atoms. The number of rotatable bonds is 3. The van der Waals surface area contributed by atoms with Gasteiger partial charge in [-0.3, -0.25) is 0 Å². The number of aromatic nitrogens is 6. The number of anilines is 1. The lowest BCUT2D eigenvalue weighted by atomic mass is 10.2. The summed E-state index contributed by atoms with van der Waals surface area (Å²) in [7, 11) is 0. The van der Waals surface area contributed by atoms with E-state index in [0.717, 1.165) is 48.8 Å². The highest BCUT2D eigenvalue weighted by Gasteiger charge is 2.32. The van der Waals surface area contributed by atoms with E-state index in [9.17, 15) is 0 Å². The third kappa shape index (κ3) is 2.20. The fourth-order valence-electron chi connectivity index (χ4n) is 4.11. The highest BCUT2D eigenvalue weighted by atomic mass is 15.4. The molecule has 132 valence electrons. The number of para-hydroxylation sites is 2. The van der Waals surface area contributed by atoms with Crippen LogP contribution in [0.5, 0.6) is 0 Å². The Morgan fingerprint density at radius 1 is 1.19 bits per heavy atom. The molecule has 1 fully saturated rings. The third-order valence-corrected chi connectivity index (χ3v) is 5.21. The Balaban J connectivity index is 1.67. The van der Waals surface area contributed by atoms with Crippen LogP contribution in [0.1, 0.15) is 37.3 Å². The zero-order chi connectivity index (χ0) is 17.7. The minimum atomic E-state index is 0.233. The van der Waals surface area contributed by atoms with Gasteiger partial charge in [0.1, 0.15) is 18.0 Å². The average molecular weight is 347 g/mol. The van der Waals surface area contributed by atoms with Gasteiger partial charge in [-0.2, -0.15) is 14.6 Å².